The highest BCUT2D eigenvalue weighted by Crippen LogP contribution is 2.43. The van der Waals surface area contributed by atoms with Crippen molar-refractivity contribution >= 4 is 32.7 Å². The number of rotatable bonds is 8. The summed E-state index contributed by atoms with van der Waals surface area (Å²) in [5.41, 5.74) is 15.8. The fourth-order valence-electron chi connectivity index (χ4n) is 9.13. The molecule has 0 fully saturated rings. The van der Waals surface area contributed by atoms with Gasteiger partial charge < -0.3 is 4.42 Å². The number of hydrogen-bond donors (Lipinski definition) is 0. The molecule has 0 aliphatic heterocycles. The van der Waals surface area contributed by atoms with Crippen molar-refractivity contribution in [1.29, 1.82) is 0 Å². The Hall–Kier alpha value is -8.73. The molecular weight excluding hydrogens is 791 g/mol. The van der Waals surface area contributed by atoms with Crippen molar-refractivity contribution in [3.63, 3.8) is 0 Å². The van der Waals surface area contributed by atoms with E-state index in [1.165, 1.54) is 27.6 Å². The molecule has 2 aromatic heterocycles. The second-order valence-electron chi connectivity index (χ2n) is 16.3. The molecule has 0 bridgehead atoms. The van der Waals surface area contributed by atoms with Crippen LogP contribution in [0.3, 0.4) is 0 Å². The predicted molar refractivity (Wildman–Crippen MR) is 268 cm³/mol. The maximum Gasteiger partial charge on any atom is 0.164 e. The van der Waals surface area contributed by atoms with E-state index < -0.39 is 0 Å². The molecule has 0 atom stereocenters. The smallest absolute Gasteiger partial charge is 0.164 e. The van der Waals surface area contributed by atoms with E-state index in [2.05, 4.69) is 231 Å². The van der Waals surface area contributed by atoms with Gasteiger partial charge in [0.2, 0.25) is 0 Å². The van der Waals surface area contributed by atoms with Crippen molar-refractivity contribution in [3.8, 4) is 89.8 Å². The summed E-state index contributed by atoms with van der Waals surface area (Å²) in [5, 5.41) is 4.39. The fourth-order valence-corrected chi connectivity index (χ4v) is 9.13. The molecule has 0 saturated heterocycles. The summed E-state index contributed by atoms with van der Waals surface area (Å²) in [6, 6.07) is 83.0. The Morgan fingerprint density at radius 1 is 0.246 bits per heavy atom. The monoisotopic (exact) mass is 829 g/mol. The molecular formula is C61H39N3O. The van der Waals surface area contributed by atoms with Crippen molar-refractivity contribution in [3.05, 3.63) is 237 Å². The SMILES string of the molecule is c1ccc(-c2ccc(-c3nc(-c4ccc5c(-c6ccccc6)cccc5c4)nc(-c4ccc5c(c4)oc4cccc(-c6ccc(-c7ccccc7)cc6-c6ccccc6)c45)n3)cc2)cc1. The van der Waals surface area contributed by atoms with Crippen LogP contribution in [-0.2, 0) is 0 Å². The number of fused-ring (bicyclic) bond motifs is 4. The molecule has 0 aliphatic rings. The summed E-state index contributed by atoms with van der Waals surface area (Å²) in [6.07, 6.45) is 0. The van der Waals surface area contributed by atoms with Gasteiger partial charge in [0.1, 0.15) is 11.2 Å². The lowest BCUT2D eigenvalue weighted by Gasteiger charge is -2.14. The summed E-state index contributed by atoms with van der Waals surface area (Å²) >= 11 is 0. The molecule has 65 heavy (non-hydrogen) atoms. The largest absolute Gasteiger partial charge is 0.456 e. The summed E-state index contributed by atoms with van der Waals surface area (Å²) < 4.78 is 6.73. The van der Waals surface area contributed by atoms with E-state index in [-0.39, 0.29) is 0 Å². The van der Waals surface area contributed by atoms with Crippen molar-refractivity contribution in [2.24, 2.45) is 0 Å². The Kier molecular flexibility index (Phi) is 9.46. The molecule has 0 amide bonds. The Labute approximate surface area is 376 Å². The third kappa shape index (κ3) is 7.13. The molecule has 0 saturated carbocycles. The summed E-state index contributed by atoms with van der Waals surface area (Å²) in [7, 11) is 0. The maximum atomic E-state index is 6.73. The minimum absolute atomic E-state index is 0.570. The molecule has 12 aromatic rings. The quantitative estimate of drug-likeness (QED) is 0.153. The third-order valence-electron chi connectivity index (χ3n) is 12.4. The number of aromatic nitrogens is 3. The minimum Gasteiger partial charge on any atom is -0.456 e. The van der Waals surface area contributed by atoms with Crippen LogP contribution in [0.1, 0.15) is 0 Å². The van der Waals surface area contributed by atoms with Crippen LogP contribution in [-0.4, -0.2) is 15.0 Å². The molecule has 0 radical (unpaired) electrons. The van der Waals surface area contributed by atoms with Crippen molar-refractivity contribution < 1.29 is 4.42 Å². The van der Waals surface area contributed by atoms with Crippen LogP contribution in [0.25, 0.3) is 123 Å². The topological polar surface area (TPSA) is 51.8 Å². The molecule has 4 nitrogen and oxygen atoms in total. The number of furan rings is 1. The van der Waals surface area contributed by atoms with Gasteiger partial charge in [0, 0.05) is 27.5 Å². The molecule has 4 heteroatoms. The van der Waals surface area contributed by atoms with Gasteiger partial charge in [-0.15, -0.1) is 0 Å². The van der Waals surface area contributed by atoms with E-state index in [0.717, 1.165) is 77.4 Å². The van der Waals surface area contributed by atoms with Gasteiger partial charge in [-0.1, -0.05) is 206 Å². The Bertz CT molecular complexity index is 3680. The first-order valence-corrected chi connectivity index (χ1v) is 21.9. The van der Waals surface area contributed by atoms with Crippen LogP contribution >= 0.6 is 0 Å². The van der Waals surface area contributed by atoms with E-state index in [9.17, 15) is 0 Å². The predicted octanol–water partition coefficient (Wildman–Crippen LogP) is 16.3. The second-order valence-corrected chi connectivity index (χ2v) is 16.3. The average molecular weight is 830 g/mol. The fraction of sp³-hybridized carbons (Fsp3) is 0. The Balaban J connectivity index is 0.990. The average Bonchev–Trinajstić information content (AvgIpc) is 3.77. The molecule has 0 unspecified atom stereocenters. The van der Waals surface area contributed by atoms with Crippen LogP contribution in [0.15, 0.2) is 241 Å². The van der Waals surface area contributed by atoms with Crippen LogP contribution in [0.2, 0.25) is 0 Å². The van der Waals surface area contributed by atoms with Gasteiger partial charge in [-0.25, -0.2) is 15.0 Å². The van der Waals surface area contributed by atoms with Crippen molar-refractivity contribution in [2.45, 2.75) is 0 Å². The zero-order chi connectivity index (χ0) is 43.1. The summed E-state index contributed by atoms with van der Waals surface area (Å²) in [6.45, 7) is 0. The van der Waals surface area contributed by atoms with Crippen molar-refractivity contribution in [2.75, 3.05) is 0 Å². The van der Waals surface area contributed by atoms with Gasteiger partial charge in [0.25, 0.3) is 0 Å². The van der Waals surface area contributed by atoms with E-state index in [1.807, 2.05) is 6.07 Å². The Morgan fingerprint density at radius 2 is 0.723 bits per heavy atom. The lowest BCUT2D eigenvalue weighted by atomic mass is 9.89. The summed E-state index contributed by atoms with van der Waals surface area (Å²) in [5.74, 6) is 1.77. The molecule has 12 rings (SSSR count). The van der Waals surface area contributed by atoms with Gasteiger partial charge in [-0.2, -0.15) is 0 Å². The first-order chi connectivity index (χ1) is 32.2. The van der Waals surface area contributed by atoms with Gasteiger partial charge >= 0.3 is 0 Å². The highest BCUT2D eigenvalue weighted by Gasteiger charge is 2.19. The highest BCUT2D eigenvalue weighted by molar-refractivity contribution is 6.14. The van der Waals surface area contributed by atoms with E-state index in [0.29, 0.717) is 17.5 Å². The lowest BCUT2D eigenvalue weighted by molar-refractivity contribution is 0.669. The lowest BCUT2D eigenvalue weighted by Crippen LogP contribution is -2.00. The van der Waals surface area contributed by atoms with E-state index in [4.69, 9.17) is 19.4 Å². The molecule has 0 N–H and O–H groups in total. The zero-order valence-electron chi connectivity index (χ0n) is 35.3. The van der Waals surface area contributed by atoms with E-state index >= 15 is 0 Å². The van der Waals surface area contributed by atoms with Crippen LogP contribution in [0.5, 0.6) is 0 Å². The molecule has 2 heterocycles. The van der Waals surface area contributed by atoms with Gasteiger partial charge in [0.15, 0.2) is 17.5 Å². The standard InChI is InChI=1S/C61H39N3O/c1-5-15-40(16-6-1)42-27-29-45(30-28-42)59-62-60(48-32-34-51-47(37-48)23-13-24-50(51)43-19-9-3-10-20-43)64-61(63-59)49-33-36-54-57(39-49)65-56-26-14-25-53(58(54)56)52-35-31-46(41-17-7-2-8-18-41)38-55(52)44-21-11-4-12-22-44/h1-39H. The second kappa shape index (κ2) is 16.2. The van der Waals surface area contributed by atoms with Gasteiger partial charge in [-0.3, -0.25) is 0 Å². The minimum atomic E-state index is 0.570. The van der Waals surface area contributed by atoms with Gasteiger partial charge in [0.05, 0.1) is 0 Å². The number of nitrogens with zero attached hydrogens (tertiary/aromatic N) is 3. The zero-order valence-corrected chi connectivity index (χ0v) is 35.3. The van der Waals surface area contributed by atoms with Crippen molar-refractivity contribution in [1.82, 2.24) is 15.0 Å². The normalized spacial score (nSPS) is 11.4. The maximum absolute atomic E-state index is 6.73. The Morgan fingerprint density at radius 3 is 1.38 bits per heavy atom. The number of benzene rings is 10. The molecule has 0 aliphatic carbocycles. The molecule has 304 valence electrons. The molecule has 10 aromatic carbocycles. The third-order valence-corrected chi connectivity index (χ3v) is 12.4. The van der Waals surface area contributed by atoms with E-state index in [1.54, 1.807) is 0 Å². The highest BCUT2D eigenvalue weighted by atomic mass is 16.3. The van der Waals surface area contributed by atoms with Crippen LogP contribution in [0.4, 0.5) is 0 Å². The van der Waals surface area contributed by atoms with Crippen LogP contribution in [0, 0.1) is 0 Å². The molecule has 0 spiro atoms. The van der Waals surface area contributed by atoms with Crippen LogP contribution < -0.4 is 0 Å². The first-order valence-electron chi connectivity index (χ1n) is 21.9. The summed E-state index contributed by atoms with van der Waals surface area (Å²) in [4.78, 5) is 15.5. The van der Waals surface area contributed by atoms with Gasteiger partial charge in [-0.05, 0) is 96.7 Å². The number of hydrogen-bond acceptors (Lipinski definition) is 4. The first kappa shape index (κ1) is 38.0.